The first kappa shape index (κ1) is 15.2. The third kappa shape index (κ3) is 3.87. The van der Waals surface area contributed by atoms with Gasteiger partial charge in [-0.2, -0.15) is 13.2 Å². The zero-order chi connectivity index (χ0) is 15.5. The van der Waals surface area contributed by atoms with Gasteiger partial charge in [0, 0.05) is 6.20 Å². The predicted octanol–water partition coefficient (Wildman–Crippen LogP) is 0.806. The number of carbonyl (C=O) groups excluding carboxylic acids is 1. The molecule has 2 aromatic heterocycles. The Kier molecular flexibility index (Phi) is 4.35. The maximum atomic E-state index is 12.5. The molecule has 0 aliphatic heterocycles. The van der Waals surface area contributed by atoms with Gasteiger partial charge in [0.05, 0.1) is 7.11 Å². The highest BCUT2D eigenvalue weighted by Gasteiger charge is 2.33. The normalized spacial score (nSPS) is 11.4. The van der Waals surface area contributed by atoms with Crippen LogP contribution >= 0.6 is 11.8 Å². The predicted molar refractivity (Wildman–Crippen MR) is 61.0 cm³/mol. The number of aromatic nitrogens is 6. The summed E-state index contributed by atoms with van der Waals surface area (Å²) in [5.41, 5.74) is -1.08. The number of nitrogens with zero attached hydrogens (tertiary/aromatic N) is 6. The van der Waals surface area contributed by atoms with Gasteiger partial charge in [0.25, 0.3) is 0 Å². The number of alkyl halides is 3. The van der Waals surface area contributed by atoms with E-state index in [1.165, 1.54) is 7.11 Å². The molecule has 0 fully saturated rings. The average molecular weight is 320 g/mol. The molecule has 0 amide bonds. The first-order valence-electron chi connectivity index (χ1n) is 5.31. The van der Waals surface area contributed by atoms with E-state index >= 15 is 0 Å². The minimum Gasteiger partial charge on any atom is -0.468 e. The molecule has 0 N–H and O–H groups in total. The Morgan fingerprint density at radius 2 is 2.24 bits per heavy atom. The second-order valence-corrected chi connectivity index (χ2v) is 4.45. The number of tetrazole rings is 1. The van der Waals surface area contributed by atoms with Gasteiger partial charge in [0.1, 0.15) is 12.2 Å². The van der Waals surface area contributed by atoms with E-state index in [-0.39, 0.29) is 16.9 Å². The molecular formula is C9H7F3N6O2S. The van der Waals surface area contributed by atoms with Gasteiger partial charge in [-0.15, -0.1) is 5.10 Å². The van der Waals surface area contributed by atoms with Crippen LogP contribution in [0.2, 0.25) is 0 Å². The maximum absolute atomic E-state index is 12.5. The summed E-state index contributed by atoms with van der Waals surface area (Å²) >= 11 is 0.700. The fraction of sp³-hybridized carbons (Fsp3) is 0.333. The van der Waals surface area contributed by atoms with Gasteiger partial charge in [-0.05, 0) is 28.3 Å². The van der Waals surface area contributed by atoms with Crippen molar-refractivity contribution in [2.24, 2.45) is 0 Å². The molecule has 112 valence electrons. The van der Waals surface area contributed by atoms with Crippen molar-refractivity contribution in [1.29, 1.82) is 0 Å². The molecule has 2 heterocycles. The second kappa shape index (κ2) is 6.03. The smallest absolute Gasteiger partial charge is 0.433 e. The van der Waals surface area contributed by atoms with Crippen LogP contribution in [0.1, 0.15) is 5.69 Å². The number of hydrogen-bond acceptors (Lipinski definition) is 8. The first-order chi connectivity index (χ1) is 9.90. The van der Waals surface area contributed by atoms with Gasteiger partial charge in [-0.25, -0.2) is 14.6 Å². The minimum atomic E-state index is -4.57. The first-order valence-corrected chi connectivity index (χ1v) is 6.13. The third-order valence-electron chi connectivity index (χ3n) is 2.11. The van der Waals surface area contributed by atoms with Crippen molar-refractivity contribution in [3.05, 3.63) is 18.0 Å². The zero-order valence-electron chi connectivity index (χ0n) is 10.4. The minimum absolute atomic E-state index is 0.0692. The number of methoxy groups -OCH3 is 1. The number of halogens is 3. The standard InChI is InChI=1S/C9H7F3N6O2S/c1-20-6(19)4-18-8(15-16-17-18)21-7-13-3-2-5(14-7)9(10,11)12/h2-3H,4H2,1H3. The average Bonchev–Trinajstić information content (AvgIpc) is 2.85. The van der Waals surface area contributed by atoms with E-state index < -0.39 is 17.8 Å². The Hall–Kier alpha value is -2.24. The Balaban J connectivity index is 2.19. The Labute approximate surface area is 119 Å². The van der Waals surface area contributed by atoms with Gasteiger partial charge < -0.3 is 4.74 Å². The highest BCUT2D eigenvalue weighted by Crippen LogP contribution is 2.29. The van der Waals surface area contributed by atoms with Crippen molar-refractivity contribution in [3.8, 4) is 0 Å². The topological polar surface area (TPSA) is 95.7 Å². The lowest BCUT2D eigenvalue weighted by Crippen LogP contribution is -2.14. The quantitative estimate of drug-likeness (QED) is 0.603. The van der Waals surface area contributed by atoms with E-state index in [4.69, 9.17) is 0 Å². The largest absolute Gasteiger partial charge is 0.468 e. The molecule has 2 aromatic rings. The molecule has 0 aromatic carbocycles. The van der Waals surface area contributed by atoms with Gasteiger partial charge >= 0.3 is 12.1 Å². The van der Waals surface area contributed by atoms with E-state index in [0.717, 1.165) is 16.9 Å². The van der Waals surface area contributed by atoms with Crippen LogP contribution < -0.4 is 0 Å². The van der Waals surface area contributed by atoms with Crippen molar-refractivity contribution in [1.82, 2.24) is 30.2 Å². The SMILES string of the molecule is COC(=O)Cn1nnnc1Sc1nccc(C(F)(F)F)n1. The molecule has 0 atom stereocenters. The fourth-order valence-electron chi connectivity index (χ4n) is 1.19. The number of hydrogen-bond donors (Lipinski definition) is 0. The van der Waals surface area contributed by atoms with E-state index in [9.17, 15) is 18.0 Å². The van der Waals surface area contributed by atoms with Crippen molar-refractivity contribution in [2.45, 2.75) is 23.0 Å². The fourth-order valence-corrected chi connectivity index (χ4v) is 1.89. The molecule has 21 heavy (non-hydrogen) atoms. The molecule has 0 saturated heterocycles. The lowest BCUT2D eigenvalue weighted by Gasteiger charge is -2.06. The van der Waals surface area contributed by atoms with Crippen molar-refractivity contribution in [3.63, 3.8) is 0 Å². The number of rotatable bonds is 4. The van der Waals surface area contributed by atoms with Gasteiger partial charge in [-0.3, -0.25) is 4.79 Å². The van der Waals surface area contributed by atoms with Crippen LogP contribution in [0.15, 0.2) is 22.6 Å². The summed E-state index contributed by atoms with van der Waals surface area (Å²) in [4.78, 5) is 18.2. The molecule has 0 bridgehead atoms. The van der Waals surface area contributed by atoms with Crippen LogP contribution in [0.5, 0.6) is 0 Å². The van der Waals surface area contributed by atoms with Crippen molar-refractivity contribution < 1.29 is 22.7 Å². The summed E-state index contributed by atoms with van der Waals surface area (Å²) in [7, 11) is 1.19. The lowest BCUT2D eigenvalue weighted by molar-refractivity contribution is -0.142. The zero-order valence-corrected chi connectivity index (χ0v) is 11.2. The molecular weight excluding hydrogens is 313 g/mol. The summed E-state index contributed by atoms with van der Waals surface area (Å²) in [5, 5.41) is 10.3. The van der Waals surface area contributed by atoms with E-state index in [2.05, 4.69) is 30.2 Å². The Bertz CT molecular complexity index is 646. The maximum Gasteiger partial charge on any atom is 0.433 e. The Morgan fingerprint density at radius 3 is 2.90 bits per heavy atom. The monoisotopic (exact) mass is 320 g/mol. The van der Waals surface area contributed by atoms with Crippen LogP contribution in [-0.2, 0) is 22.3 Å². The molecule has 8 nitrogen and oxygen atoms in total. The summed E-state index contributed by atoms with van der Waals surface area (Å²) in [6.45, 7) is -0.273. The molecule has 0 saturated carbocycles. The lowest BCUT2D eigenvalue weighted by atomic mass is 10.4. The summed E-state index contributed by atoms with van der Waals surface area (Å²) < 4.78 is 43.1. The van der Waals surface area contributed by atoms with E-state index in [1.54, 1.807) is 0 Å². The molecule has 0 unspecified atom stereocenters. The van der Waals surface area contributed by atoms with Crippen molar-refractivity contribution in [2.75, 3.05) is 7.11 Å². The molecule has 0 spiro atoms. The molecule has 0 aliphatic rings. The molecule has 12 heteroatoms. The van der Waals surface area contributed by atoms with E-state index in [1.807, 2.05) is 0 Å². The van der Waals surface area contributed by atoms with Crippen LogP contribution in [0, 0.1) is 0 Å². The molecule has 0 radical (unpaired) electrons. The third-order valence-corrected chi connectivity index (χ3v) is 2.97. The summed E-state index contributed by atoms with van der Waals surface area (Å²) in [6.07, 6.45) is -3.59. The highest BCUT2D eigenvalue weighted by molar-refractivity contribution is 7.99. The van der Waals surface area contributed by atoms with Crippen LogP contribution in [0.4, 0.5) is 13.2 Å². The number of esters is 1. The highest BCUT2D eigenvalue weighted by atomic mass is 32.2. The molecule has 0 aliphatic carbocycles. The van der Waals surface area contributed by atoms with Crippen molar-refractivity contribution >= 4 is 17.7 Å². The second-order valence-electron chi connectivity index (χ2n) is 3.52. The summed E-state index contributed by atoms with van der Waals surface area (Å²) in [6, 6.07) is 0.751. The number of carbonyl (C=O) groups is 1. The molecule has 2 rings (SSSR count). The van der Waals surface area contributed by atoms with Crippen LogP contribution in [0.25, 0.3) is 0 Å². The van der Waals surface area contributed by atoms with Gasteiger partial charge in [-0.1, -0.05) is 0 Å². The Morgan fingerprint density at radius 1 is 1.48 bits per heavy atom. The van der Waals surface area contributed by atoms with Crippen LogP contribution in [0.3, 0.4) is 0 Å². The van der Waals surface area contributed by atoms with Gasteiger partial charge in [0.2, 0.25) is 5.16 Å². The van der Waals surface area contributed by atoms with E-state index in [0.29, 0.717) is 11.8 Å². The number of ether oxygens (including phenoxy) is 1. The summed E-state index contributed by atoms with van der Waals surface area (Å²) in [5.74, 6) is -0.603. The van der Waals surface area contributed by atoms with Crippen LogP contribution in [-0.4, -0.2) is 43.3 Å². The van der Waals surface area contributed by atoms with Gasteiger partial charge in [0.15, 0.2) is 5.16 Å².